The summed E-state index contributed by atoms with van der Waals surface area (Å²) in [5.74, 6) is -0.532. The molecule has 2 aromatic rings. The molecule has 2 aromatic carbocycles. The van der Waals surface area contributed by atoms with Crippen molar-refractivity contribution in [2.75, 3.05) is 32.8 Å². The highest BCUT2D eigenvalue weighted by Crippen LogP contribution is 2.50. The highest BCUT2D eigenvalue weighted by molar-refractivity contribution is 6.05. The van der Waals surface area contributed by atoms with Gasteiger partial charge in [0.15, 0.2) is 17.3 Å². The number of Topliss-reactive ketones (excluding diaryl/α,β-unsaturated/α-hetero) is 1. The van der Waals surface area contributed by atoms with Gasteiger partial charge in [-0.1, -0.05) is 0 Å². The number of methoxy groups -OCH3 is 3. The van der Waals surface area contributed by atoms with Gasteiger partial charge in [0.2, 0.25) is 5.75 Å². The Morgan fingerprint density at radius 3 is 2.24 bits per heavy atom. The maximum Gasteiger partial charge on any atom is 0.338 e. The van der Waals surface area contributed by atoms with Crippen molar-refractivity contribution in [3.05, 3.63) is 74.7 Å². The van der Waals surface area contributed by atoms with Gasteiger partial charge in [-0.05, 0) is 49.6 Å². The highest BCUT2D eigenvalue weighted by atomic mass is 16.6. The molecule has 0 aromatic heterocycles. The second-order valence-corrected chi connectivity index (χ2v) is 8.66. The van der Waals surface area contributed by atoms with Crippen LogP contribution < -0.4 is 24.8 Å². The summed E-state index contributed by atoms with van der Waals surface area (Å²) in [6, 6.07) is 9.15. The molecule has 0 fully saturated rings. The van der Waals surface area contributed by atoms with Gasteiger partial charge in [-0.2, -0.15) is 0 Å². The van der Waals surface area contributed by atoms with E-state index in [9.17, 15) is 19.7 Å². The second kappa shape index (κ2) is 10.8. The summed E-state index contributed by atoms with van der Waals surface area (Å²) in [6.45, 7) is 1.77. The summed E-state index contributed by atoms with van der Waals surface area (Å²) in [7, 11) is 4.44. The molecule has 1 atom stereocenters. The van der Waals surface area contributed by atoms with Crippen molar-refractivity contribution < 1.29 is 33.5 Å². The number of non-ortho nitro benzene ring substituents is 1. The van der Waals surface area contributed by atoms with Gasteiger partial charge in [0.1, 0.15) is 5.82 Å². The Kier molecular flexibility index (Phi) is 7.56. The lowest BCUT2D eigenvalue weighted by Gasteiger charge is -2.40. The zero-order valence-electron chi connectivity index (χ0n) is 21.6. The largest absolute Gasteiger partial charge is 0.493 e. The van der Waals surface area contributed by atoms with E-state index in [0.717, 1.165) is 0 Å². The quantitative estimate of drug-likeness (QED) is 0.307. The Hall–Kier alpha value is -4.54. The number of carbonyl (C=O) groups excluding carboxylic acids is 2. The Labute approximate surface area is 219 Å². The number of ketones is 1. The summed E-state index contributed by atoms with van der Waals surface area (Å²) >= 11 is 0. The minimum Gasteiger partial charge on any atom is -0.493 e. The molecule has 0 bridgehead atoms. The van der Waals surface area contributed by atoms with E-state index in [1.54, 1.807) is 24.0 Å². The van der Waals surface area contributed by atoms with Crippen LogP contribution in [-0.4, -0.2) is 44.6 Å². The molecule has 0 amide bonds. The van der Waals surface area contributed by atoms with Crippen molar-refractivity contribution in [3.63, 3.8) is 0 Å². The number of nitro groups is 1. The van der Waals surface area contributed by atoms with Crippen LogP contribution >= 0.6 is 0 Å². The number of benzene rings is 2. The standard InChI is InChI=1S/C27H29N3O8/c1-5-38-27(32)24-22(15-13-20(35-2)25(37-4)21(14-15)36-3)23-18(7-6-8-19(23)31)29(26(24)28)16-9-11-17(12-10-16)30(33)34/h9-14,22H,5-8,28H2,1-4H3/t22-/m0/s1. The normalized spacial score (nSPS) is 17.2. The minimum atomic E-state index is -0.861. The lowest BCUT2D eigenvalue weighted by atomic mass is 9.75. The van der Waals surface area contributed by atoms with Gasteiger partial charge in [-0.3, -0.25) is 19.8 Å². The summed E-state index contributed by atoms with van der Waals surface area (Å²) < 4.78 is 21.9. The molecule has 11 nitrogen and oxygen atoms in total. The van der Waals surface area contributed by atoms with Crippen LogP contribution in [0.1, 0.15) is 37.7 Å². The van der Waals surface area contributed by atoms with E-state index in [1.165, 1.54) is 45.6 Å². The van der Waals surface area contributed by atoms with Gasteiger partial charge in [0.05, 0.1) is 44.4 Å². The van der Waals surface area contributed by atoms with Crippen LogP contribution in [0.5, 0.6) is 17.2 Å². The Balaban J connectivity index is 2.01. The number of nitro benzene ring substituents is 1. The first kappa shape index (κ1) is 26.5. The molecule has 0 radical (unpaired) electrons. The molecular formula is C27H29N3O8. The molecule has 1 aliphatic carbocycles. The van der Waals surface area contributed by atoms with Crippen LogP contribution in [0.3, 0.4) is 0 Å². The zero-order valence-corrected chi connectivity index (χ0v) is 21.6. The summed E-state index contributed by atoms with van der Waals surface area (Å²) in [6.07, 6.45) is 1.39. The number of rotatable bonds is 8. The molecule has 2 aliphatic rings. The smallest absolute Gasteiger partial charge is 0.338 e. The summed E-state index contributed by atoms with van der Waals surface area (Å²) in [5, 5.41) is 11.2. The van der Waals surface area contributed by atoms with E-state index in [0.29, 0.717) is 59.0 Å². The molecule has 2 N–H and O–H groups in total. The van der Waals surface area contributed by atoms with Gasteiger partial charge in [-0.15, -0.1) is 0 Å². The number of allylic oxidation sites excluding steroid dienone is 2. The van der Waals surface area contributed by atoms with E-state index in [1.807, 2.05) is 0 Å². The number of hydrogen-bond acceptors (Lipinski definition) is 10. The van der Waals surface area contributed by atoms with E-state index < -0.39 is 16.8 Å². The van der Waals surface area contributed by atoms with Gasteiger partial charge in [0.25, 0.3) is 5.69 Å². The average Bonchev–Trinajstić information content (AvgIpc) is 2.91. The number of hydrogen-bond donors (Lipinski definition) is 1. The number of ether oxygens (including phenoxy) is 4. The Bertz CT molecular complexity index is 1320. The third-order valence-corrected chi connectivity index (χ3v) is 6.63. The molecule has 200 valence electrons. The van der Waals surface area contributed by atoms with Crippen molar-refractivity contribution in [1.29, 1.82) is 0 Å². The van der Waals surface area contributed by atoms with Gasteiger partial charge < -0.3 is 24.7 Å². The van der Waals surface area contributed by atoms with Crippen LogP contribution in [0.25, 0.3) is 0 Å². The molecule has 0 unspecified atom stereocenters. The highest BCUT2D eigenvalue weighted by Gasteiger charge is 2.43. The predicted molar refractivity (Wildman–Crippen MR) is 138 cm³/mol. The monoisotopic (exact) mass is 523 g/mol. The third-order valence-electron chi connectivity index (χ3n) is 6.63. The Morgan fingerprint density at radius 1 is 1.08 bits per heavy atom. The fourth-order valence-electron chi connectivity index (χ4n) is 5.02. The van der Waals surface area contributed by atoms with Crippen molar-refractivity contribution in [1.82, 2.24) is 0 Å². The van der Waals surface area contributed by atoms with E-state index in [-0.39, 0.29) is 29.5 Å². The average molecular weight is 524 g/mol. The fraction of sp³-hybridized carbons (Fsp3) is 0.333. The fourth-order valence-corrected chi connectivity index (χ4v) is 5.02. The van der Waals surface area contributed by atoms with Crippen LogP contribution in [0.15, 0.2) is 59.1 Å². The number of esters is 1. The molecule has 0 saturated carbocycles. The summed E-state index contributed by atoms with van der Waals surface area (Å²) in [5.41, 5.74) is 8.74. The molecule has 0 spiro atoms. The summed E-state index contributed by atoms with van der Waals surface area (Å²) in [4.78, 5) is 39.3. The molecule has 38 heavy (non-hydrogen) atoms. The molecule has 11 heteroatoms. The van der Waals surface area contributed by atoms with Crippen molar-refractivity contribution in [2.24, 2.45) is 5.73 Å². The second-order valence-electron chi connectivity index (χ2n) is 8.66. The van der Waals surface area contributed by atoms with Crippen LogP contribution in [0.2, 0.25) is 0 Å². The maximum atomic E-state index is 13.5. The first-order valence-corrected chi connectivity index (χ1v) is 12.0. The van der Waals surface area contributed by atoms with Gasteiger partial charge in [0, 0.05) is 35.5 Å². The predicted octanol–water partition coefficient (Wildman–Crippen LogP) is 3.96. The first-order valence-electron chi connectivity index (χ1n) is 12.0. The maximum absolute atomic E-state index is 13.5. The zero-order chi connectivity index (χ0) is 27.6. The lowest BCUT2D eigenvalue weighted by Crippen LogP contribution is -2.41. The van der Waals surface area contributed by atoms with Crippen molar-refractivity contribution >= 4 is 23.1 Å². The lowest BCUT2D eigenvalue weighted by molar-refractivity contribution is -0.384. The molecule has 1 heterocycles. The van der Waals surface area contributed by atoms with Crippen LogP contribution in [0.4, 0.5) is 11.4 Å². The first-order chi connectivity index (χ1) is 18.3. The molecule has 1 aliphatic heterocycles. The van der Waals surface area contributed by atoms with Gasteiger partial charge in [-0.25, -0.2) is 4.79 Å². The van der Waals surface area contributed by atoms with E-state index in [4.69, 9.17) is 24.7 Å². The number of carbonyl (C=O) groups is 2. The number of nitrogens with two attached hydrogens (primary N) is 1. The minimum absolute atomic E-state index is 0.0736. The molecular weight excluding hydrogens is 494 g/mol. The SMILES string of the molecule is CCOC(=O)C1=C(N)N(c2ccc([N+](=O)[O-])cc2)C2=C(C(=O)CCC2)[C@@H]1c1cc(OC)c(OC)c(OC)c1. The van der Waals surface area contributed by atoms with E-state index >= 15 is 0 Å². The van der Waals surface area contributed by atoms with Crippen LogP contribution in [0, 0.1) is 10.1 Å². The number of nitrogens with zero attached hydrogens (tertiary/aromatic N) is 2. The van der Waals surface area contributed by atoms with E-state index in [2.05, 4.69) is 0 Å². The topological polar surface area (TPSA) is 143 Å². The Morgan fingerprint density at radius 2 is 1.71 bits per heavy atom. The number of anilines is 1. The molecule has 0 saturated heterocycles. The van der Waals surface area contributed by atoms with Gasteiger partial charge >= 0.3 is 5.97 Å². The van der Waals surface area contributed by atoms with Crippen molar-refractivity contribution in [3.8, 4) is 17.2 Å². The van der Waals surface area contributed by atoms with Crippen LogP contribution in [-0.2, 0) is 14.3 Å². The molecule has 4 rings (SSSR count). The van der Waals surface area contributed by atoms with Crippen molar-refractivity contribution in [2.45, 2.75) is 32.1 Å². The third kappa shape index (κ3) is 4.51.